The zero-order valence-electron chi connectivity index (χ0n) is 12.2. The van der Waals surface area contributed by atoms with Crippen molar-refractivity contribution in [3.63, 3.8) is 0 Å². The second-order valence-electron chi connectivity index (χ2n) is 5.01. The summed E-state index contributed by atoms with van der Waals surface area (Å²) in [6.45, 7) is 0. The van der Waals surface area contributed by atoms with Gasteiger partial charge in [0, 0.05) is 27.1 Å². The van der Waals surface area contributed by atoms with Crippen molar-refractivity contribution in [2.24, 2.45) is 0 Å². The van der Waals surface area contributed by atoms with Crippen molar-refractivity contribution >= 4 is 36.7 Å². The molecule has 0 amide bonds. The maximum absolute atomic E-state index is 12.6. The molecule has 23 heavy (non-hydrogen) atoms. The summed E-state index contributed by atoms with van der Waals surface area (Å²) in [4.78, 5) is 3.03. The van der Waals surface area contributed by atoms with Crippen molar-refractivity contribution < 1.29 is 18.3 Å². The molecule has 7 heteroatoms. The lowest BCUT2D eigenvalue weighted by molar-refractivity contribution is 0.256. The van der Waals surface area contributed by atoms with Gasteiger partial charge in [0.1, 0.15) is 5.75 Å². The Morgan fingerprint density at radius 1 is 1.17 bits per heavy atom. The van der Waals surface area contributed by atoms with Gasteiger partial charge in [-0.3, -0.25) is 0 Å². The number of hydrogen-bond donors (Lipinski definition) is 2. The molecule has 1 aromatic heterocycles. The van der Waals surface area contributed by atoms with E-state index in [0.717, 1.165) is 9.99 Å². The van der Waals surface area contributed by atoms with E-state index >= 15 is 0 Å². The average molecular weight is 396 g/mol. The number of hydrogen-bond acceptors (Lipinski definition) is 4. The topological polar surface area (TPSA) is 79.4 Å². The number of aliphatic hydroxyl groups is 1. The van der Waals surface area contributed by atoms with Crippen LogP contribution in [0.3, 0.4) is 0 Å². The standard InChI is InChI=1S/C16H14BrNO4S/c1-22-11-4-7-15-13(8-11)14(9-18-15)16(19)23(20,21)12-5-2-10(17)3-6-12/h2-9,16,18-19H,1H3. The predicted octanol–water partition coefficient (Wildman–Crippen LogP) is 3.40. The second kappa shape index (κ2) is 5.99. The maximum atomic E-state index is 12.6. The molecule has 0 saturated carbocycles. The largest absolute Gasteiger partial charge is 0.497 e. The van der Waals surface area contributed by atoms with Crippen molar-refractivity contribution in [1.29, 1.82) is 0 Å². The zero-order chi connectivity index (χ0) is 16.6. The minimum atomic E-state index is -3.92. The lowest BCUT2D eigenvalue weighted by Gasteiger charge is -2.12. The van der Waals surface area contributed by atoms with Crippen LogP contribution < -0.4 is 4.74 Å². The van der Waals surface area contributed by atoms with Crippen LogP contribution >= 0.6 is 15.9 Å². The van der Waals surface area contributed by atoms with Gasteiger partial charge in [-0.2, -0.15) is 0 Å². The number of ether oxygens (including phenoxy) is 1. The highest BCUT2D eigenvalue weighted by Gasteiger charge is 2.29. The van der Waals surface area contributed by atoms with Gasteiger partial charge in [-0.25, -0.2) is 8.42 Å². The number of H-pyrrole nitrogens is 1. The summed E-state index contributed by atoms with van der Waals surface area (Å²) in [6.07, 6.45) is 1.51. The molecule has 0 bridgehead atoms. The average Bonchev–Trinajstić information content (AvgIpc) is 2.97. The van der Waals surface area contributed by atoms with E-state index in [9.17, 15) is 13.5 Å². The van der Waals surface area contributed by atoms with Gasteiger partial charge in [-0.15, -0.1) is 0 Å². The van der Waals surface area contributed by atoms with Crippen LogP contribution in [-0.4, -0.2) is 25.6 Å². The van der Waals surface area contributed by atoms with E-state index in [1.807, 2.05) is 0 Å². The second-order valence-corrected chi connectivity index (χ2v) is 7.93. The van der Waals surface area contributed by atoms with Gasteiger partial charge in [0.05, 0.1) is 12.0 Å². The predicted molar refractivity (Wildman–Crippen MR) is 91.1 cm³/mol. The van der Waals surface area contributed by atoms with Crippen LogP contribution in [0.15, 0.2) is 58.0 Å². The molecular formula is C16H14BrNO4S. The highest BCUT2D eigenvalue weighted by molar-refractivity contribution is 9.10. The van der Waals surface area contributed by atoms with E-state index in [4.69, 9.17) is 4.74 Å². The van der Waals surface area contributed by atoms with Crippen molar-refractivity contribution in [2.45, 2.75) is 10.3 Å². The van der Waals surface area contributed by atoms with Gasteiger partial charge < -0.3 is 14.8 Å². The highest BCUT2D eigenvalue weighted by Crippen LogP contribution is 2.33. The van der Waals surface area contributed by atoms with E-state index in [1.54, 1.807) is 30.3 Å². The molecule has 0 fully saturated rings. The first kappa shape index (κ1) is 16.0. The molecule has 1 heterocycles. The van der Waals surface area contributed by atoms with Crippen molar-refractivity contribution in [2.75, 3.05) is 7.11 Å². The first-order valence-electron chi connectivity index (χ1n) is 6.76. The van der Waals surface area contributed by atoms with E-state index in [0.29, 0.717) is 16.7 Å². The SMILES string of the molecule is COc1ccc2[nH]cc(C(O)S(=O)(=O)c3ccc(Br)cc3)c2c1. The summed E-state index contributed by atoms with van der Waals surface area (Å²) in [5.74, 6) is 0.589. The van der Waals surface area contributed by atoms with Crippen LogP contribution in [0, 0.1) is 0 Å². The number of halogens is 1. The minimum Gasteiger partial charge on any atom is -0.497 e. The number of benzene rings is 2. The molecule has 2 aromatic carbocycles. The Kier molecular flexibility index (Phi) is 4.18. The van der Waals surface area contributed by atoms with Gasteiger partial charge in [-0.05, 0) is 42.5 Å². The summed E-state index contributed by atoms with van der Waals surface area (Å²) in [7, 11) is -2.39. The molecule has 3 aromatic rings. The molecule has 3 rings (SSSR count). The minimum absolute atomic E-state index is 0.0606. The normalized spacial score (nSPS) is 13.2. The molecule has 0 radical (unpaired) electrons. The van der Waals surface area contributed by atoms with Crippen LogP contribution in [0.25, 0.3) is 10.9 Å². The number of sulfone groups is 1. The Labute approximate surface area is 142 Å². The third-order valence-corrected chi connectivity index (χ3v) is 5.92. The van der Waals surface area contributed by atoms with Gasteiger partial charge in [0.2, 0.25) is 9.84 Å². The van der Waals surface area contributed by atoms with Crippen LogP contribution in [0.5, 0.6) is 5.75 Å². The number of methoxy groups -OCH3 is 1. The van der Waals surface area contributed by atoms with Crippen molar-refractivity contribution in [3.05, 3.63) is 58.7 Å². The number of aromatic amines is 1. The van der Waals surface area contributed by atoms with Gasteiger partial charge >= 0.3 is 0 Å². The Balaban J connectivity index is 2.09. The summed E-state index contributed by atoms with van der Waals surface area (Å²) >= 11 is 3.26. The number of fused-ring (bicyclic) bond motifs is 1. The smallest absolute Gasteiger partial charge is 0.209 e. The zero-order valence-corrected chi connectivity index (χ0v) is 14.6. The van der Waals surface area contributed by atoms with Crippen molar-refractivity contribution in [3.8, 4) is 5.75 Å². The molecule has 0 saturated heterocycles. The number of aliphatic hydroxyl groups excluding tert-OH is 1. The molecule has 1 atom stereocenters. The Bertz CT molecular complexity index is 948. The van der Waals surface area contributed by atoms with Crippen LogP contribution in [0.2, 0.25) is 0 Å². The van der Waals surface area contributed by atoms with Gasteiger partial charge in [-0.1, -0.05) is 15.9 Å². The first-order chi connectivity index (χ1) is 10.9. The fraction of sp³-hybridized carbons (Fsp3) is 0.125. The molecule has 0 aliphatic rings. The lowest BCUT2D eigenvalue weighted by atomic mass is 10.2. The number of nitrogens with one attached hydrogen (secondary N) is 1. The Morgan fingerprint density at radius 3 is 2.52 bits per heavy atom. The van der Waals surface area contributed by atoms with Crippen molar-refractivity contribution in [1.82, 2.24) is 4.98 Å². The third-order valence-electron chi connectivity index (χ3n) is 3.62. The Morgan fingerprint density at radius 2 is 1.87 bits per heavy atom. The molecule has 1 unspecified atom stereocenters. The van der Waals surface area contributed by atoms with Gasteiger partial charge in [0.25, 0.3) is 0 Å². The van der Waals surface area contributed by atoms with E-state index in [2.05, 4.69) is 20.9 Å². The maximum Gasteiger partial charge on any atom is 0.209 e. The number of rotatable bonds is 4. The fourth-order valence-corrected chi connectivity index (χ4v) is 3.94. The van der Waals surface area contributed by atoms with Crippen LogP contribution in [0.1, 0.15) is 11.0 Å². The molecule has 0 aliphatic carbocycles. The third kappa shape index (κ3) is 2.87. The molecule has 0 spiro atoms. The lowest BCUT2D eigenvalue weighted by Crippen LogP contribution is -2.12. The molecule has 120 valence electrons. The molecule has 0 aliphatic heterocycles. The summed E-state index contributed by atoms with van der Waals surface area (Å²) in [5.41, 5.74) is -0.641. The molecule has 5 nitrogen and oxygen atoms in total. The van der Waals surface area contributed by atoms with Crippen LogP contribution in [0.4, 0.5) is 0 Å². The Hall–Kier alpha value is -1.83. The summed E-state index contributed by atoms with van der Waals surface area (Å²) in [6, 6.07) is 11.4. The first-order valence-corrected chi connectivity index (χ1v) is 9.10. The summed E-state index contributed by atoms with van der Waals surface area (Å²) < 4.78 is 31.2. The monoisotopic (exact) mass is 395 g/mol. The fourth-order valence-electron chi connectivity index (χ4n) is 2.37. The van der Waals surface area contributed by atoms with Crippen LogP contribution in [-0.2, 0) is 9.84 Å². The van der Waals surface area contributed by atoms with E-state index < -0.39 is 15.3 Å². The molecular weight excluding hydrogens is 382 g/mol. The summed E-state index contributed by atoms with van der Waals surface area (Å²) in [5, 5.41) is 11.1. The quantitative estimate of drug-likeness (QED) is 0.709. The van der Waals surface area contributed by atoms with E-state index in [-0.39, 0.29) is 4.90 Å². The number of aromatic nitrogens is 1. The highest BCUT2D eigenvalue weighted by atomic mass is 79.9. The van der Waals surface area contributed by atoms with E-state index in [1.165, 1.54) is 25.4 Å². The van der Waals surface area contributed by atoms with Gasteiger partial charge in [0.15, 0.2) is 5.44 Å². The molecule has 2 N–H and O–H groups in total.